The summed E-state index contributed by atoms with van der Waals surface area (Å²) in [5.74, 6) is 3.96. The molecule has 0 aliphatic heterocycles. The Hall–Kier alpha value is -1.80. The van der Waals surface area contributed by atoms with Crippen LogP contribution in [0.25, 0.3) is 0 Å². The van der Waals surface area contributed by atoms with Gasteiger partial charge in [0, 0.05) is 6.04 Å². The van der Waals surface area contributed by atoms with Gasteiger partial charge in [-0.05, 0) is 87.7 Å². The molecule has 8 heteroatoms. The first-order chi connectivity index (χ1) is 15.5. The smallest absolute Gasteiger partial charge is 0.230 e. The Morgan fingerprint density at radius 2 is 1.88 bits per heavy atom. The highest BCUT2D eigenvalue weighted by Gasteiger charge is 2.53. The second-order valence-corrected chi connectivity index (χ2v) is 12.0. The Kier molecular flexibility index (Phi) is 6.34. The van der Waals surface area contributed by atoms with Crippen LogP contribution in [0.5, 0.6) is 5.75 Å². The molecule has 6 rings (SSSR count). The van der Waals surface area contributed by atoms with E-state index in [-0.39, 0.29) is 11.9 Å². The number of aromatic nitrogens is 2. The van der Waals surface area contributed by atoms with Gasteiger partial charge in [-0.3, -0.25) is 4.79 Å². The van der Waals surface area contributed by atoms with Crippen molar-refractivity contribution in [2.75, 3.05) is 17.7 Å². The molecule has 1 aromatic carbocycles. The Bertz CT molecular complexity index is 928. The minimum Gasteiger partial charge on any atom is -0.492 e. The molecule has 0 radical (unpaired) electrons. The topological polar surface area (TPSA) is 76.1 Å². The van der Waals surface area contributed by atoms with Gasteiger partial charge in [-0.25, -0.2) is 0 Å². The second-order valence-electron chi connectivity index (χ2n) is 9.79. The number of anilines is 2. The number of thioether (sulfide) groups is 1. The summed E-state index contributed by atoms with van der Waals surface area (Å²) in [6, 6.07) is 8.04. The van der Waals surface area contributed by atoms with Crippen LogP contribution in [-0.4, -0.2) is 34.5 Å². The zero-order valence-electron chi connectivity index (χ0n) is 18.8. The Balaban J connectivity index is 1.13. The minimum absolute atomic E-state index is 0.102. The van der Waals surface area contributed by atoms with Crippen molar-refractivity contribution >= 4 is 39.8 Å². The lowest BCUT2D eigenvalue weighted by atomic mass is 9.48. The normalized spacial score (nSPS) is 29.0. The summed E-state index contributed by atoms with van der Waals surface area (Å²) in [5.41, 5.74) is 1.20. The molecule has 2 aromatic rings. The lowest BCUT2D eigenvalue weighted by Crippen LogP contribution is -2.56. The summed E-state index contributed by atoms with van der Waals surface area (Å²) in [6.45, 7) is 4.80. The van der Waals surface area contributed by atoms with E-state index in [1.165, 1.54) is 61.6 Å². The van der Waals surface area contributed by atoms with Crippen LogP contribution in [-0.2, 0) is 4.79 Å². The summed E-state index contributed by atoms with van der Waals surface area (Å²) in [4.78, 5) is 12.7. The number of carbonyl (C=O) groups excluding carboxylic acids is 1. The largest absolute Gasteiger partial charge is 0.492 e. The van der Waals surface area contributed by atoms with E-state index in [2.05, 4.69) is 27.8 Å². The van der Waals surface area contributed by atoms with Crippen molar-refractivity contribution in [1.29, 1.82) is 0 Å². The maximum Gasteiger partial charge on any atom is 0.230 e. The van der Waals surface area contributed by atoms with Gasteiger partial charge in [0.05, 0.1) is 18.0 Å². The van der Waals surface area contributed by atoms with Crippen molar-refractivity contribution in [2.45, 2.75) is 62.8 Å². The van der Waals surface area contributed by atoms with Gasteiger partial charge in [0.25, 0.3) is 0 Å². The van der Waals surface area contributed by atoms with Crippen LogP contribution in [0.2, 0.25) is 0 Å². The average Bonchev–Trinajstić information content (AvgIpc) is 3.20. The van der Waals surface area contributed by atoms with Crippen LogP contribution >= 0.6 is 23.1 Å². The summed E-state index contributed by atoms with van der Waals surface area (Å²) in [7, 11) is 0. The molecule has 4 bridgehead atoms. The number of carbonyl (C=O) groups is 1. The van der Waals surface area contributed by atoms with Crippen LogP contribution in [0.4, 0.5) is 10.8 Å². The summed E-state index contributed by atoms with van der Waals surface area (Å²) >= 11 is 2.91. The van der Waals surface area contributed by atoms with E-state index in [9.17, 15) is 4.79 Å². The van der Waals surface area contributed by atoms with Crippen LogP contribution in [0.1, 0.15) is 52.4 Å². The van der Waals surface area contributed by atoms with Gasteiger partial charge in [0.15, 0.2) is 4.34 Å². The minimum atomic E-state index is 0.102. The molecular weight excluding hydrogens is 440 g/mol. The van der Waals surface area contributed by atoms with E-state index in [1.54, 1.807) is 0 Å². The quantitative estimate of drug-likeness (QED) is 0.470. The number of nitrogens with one attached hydrogen (secondary N) is 2. The molecule has 1 heterocycles. The van der Waals surface area contributed by atoms with Crippen molar-refractivity contribution in [1.82, 2.24) is 15.5 Å². The standard InChI is InChI=1S/C24H32N4O2S2/c1-3-30-20-7-5-4-6-19(20)26-22-27-28-23(32-22)31-14-21(29)25-15(2)24-11-16-8-17(12-24)10-18(9-16)13-24/h4-7,15-18H,3,8-14H2,1-2H3,(H,25,29)(H,26,27). The van der Waals surface area contributed by atoms with Gasteiger partial charge in [0.2, 0.25) is 11.0 Å². The fourth-order valence-corrected chi connectivity index (χ4v) is 8.13. The number of ether oxygens (including phenoxy) is 1. The van der Waals surface area contributed by atoms with E-state index >= 15 is 0 Å². The zero-order chi connectivity index (χ0) is 22.1. The highest BCUT2D eigenvalue weighted by Crippen LogP contribution is 2.61. The number of benzene rings is 1. The molecule has 1 unspecified atom stereocenters. The highest BCUT2D eigenvalue weighted by atomic mass is 32.2. The number of rotatable bonds is 9. The van der Waals surface area contributed by atoms with Crippen LogP contribution < -0.4 is 15.4 Å². The summed E-state index contributed by atoms with van der Waals surface area (Å²) < 4.78 is 6.45. The third kappa shape index (κ3) is 4.62. The molecule has 0 saturated heterocycles. The highest BCUT2D eigenvalue weighted by molar-refractivity contribution is 8.01. The van der Waals surface area contributed by atoms with E-state index in [0.29, 0.717) is 22.9 Å². The maximum atomic E-state index is 12.7. The SMILES string of the molecule is CCOc1ccccc1Nc1nnc(SCC(=O)NC(C)C23CC4CC(CC(C4)C2)C3)s1. The molecule has 1 atom stereocenters. The number of hydrogen-bond acceptors (Lipinski definition) is 7. The molecule has 6 nitrogen and oxygen atoms in total. The molecule has 4 fully saturated rings. The summed E-state index contributed by atoms with van der Waals surface area (Å²) in [5, 5.41) is 15.8. The van der Waals surface area contributed by atoms with Gasteiger partial charge in [0.1, 0.15) is 5.75 Å². The number of nitrogens with zero attached hydrogens (tertiary/aromatic N) is 2. The van der Waals surface area contributed by atoms with Crippen LogP contribution in [0.3, 0.4) is 0 Å². The average molecular weight is 473 g/mol. The van der Waals surface area contributed by atoms with Crippen molar-refractivity contribution in [3.8, 4) is 5.75 Å². The van der Waals surface area contributed by atoms with Crippen molar-refractivity contribution in [3.63, 3.8) is 0 Å². The molecule has 1 aromatic heterocycles. The number of hydrogen-bond donors (Lipinski definition) is 2. The molecular formula is C24H32N4O2S2. The molecule has 172 valence electrons. The summed E-state index contributed by atoms with van der Waals surface area (Å²) in [6.07, 6.45) is 8.21. The van der Waals surface area contributed by atoms with Crippen LogP contribution in [0.15, 0.2) is 28.6 Å². The lowest BCUT2D eigenvalue weighted by Gasteiger charge is -2.59. The Labute approximate surface area is 198 Å². The van der Waals surface area contributed by atoms with Gasteiger partial charge in [-0.1, -0.05) is 35.2 Å². The predicted octanol–water partition coefficient (Wildman–Crippen LogP) is 5.49. The molecule has 2 N–H and O–H groups in total. The zero-order valence-corrected chi connectivity index (χ0v) is 20.4. The predicted molar refractivity (Wildman–Crippen MR) is 130 cm³/mol. The fourth-order valence-electron chi connectivity index (χ4n) is 6.56. The third-order valence-corrected chi connectivity index (χ3v) is 9.52. The van der Waals surface area contributed by atoms with E-state index in [4.69, 9.17) is 4.74 Å². The third-order valence-electron chi connectivity index (χ3n) is 7.54. The molecule has 1 amide bonds. The first-order valence-electron chi connectivity index (χ1n) is 11.8. The lowest BCUT2D eigenvalue weighted by molar-refractivity contribution is -0.123. The van der Waals surface area contributed by atoms with Gasteiger partial charge >= 0.3 is 0 Å². The molecule has 32 heavy (non-hydrogen) atoms. The Morgan fingerprint density at radius 3 is 2.56 bits per heavy atom. The number of para-hydroxylation sites is 2. The van der Waals surface area contributed by atoms with Gasteiger partial charge < -0.3 is 15.4 Å². The van der Waals surface area contributed by atoms with Crippen molar-refractivity contribution in [2.24, 2.45) is 23.2 Å². The van der Waals surface area contributed by atoms with Crippen LogP contribution in [0, 0.1) is 23.2 Å². The van der Waals surface area contributed by atoms with E-state index in [0.717, 1.165) is 33.5 Å². The molecule has 4 saturated carbocycles. The number of amides is 1. The Morgan fingerprint density at radius 1 is 1.19 bits per heavy atom. The van der Waals surface area contributed by atoms with E-state index in [1.807, 2.05) is 31.2 Å². The second kappa shape index (κ2) is 9.21. The monoisotopic (exact) mass is 472 g/mol. The first kappa shape index (κ1) is 22.0. The van der Waals surface area contributed by atoms with Crippen molar-refractivity contribution in [3.05, 3.63) is 24.3 Å². The molecule has 0 spiro atoms. The molecule has 4 aliphatic rings. The first-order valence-corrected chi connectivity index (χ1v) is 13.6. The maximum absolute atomic E-state index is 12.7. The van der Waals surface area contributed by atoms with E-state index < -0.39 is 0 Å². The fraction of sp³-hybridized carbons (Fsp3) is 0.625. The van der Waals surface area contributed by atoms with Gasteiger partial charge in [-0.15, -0.1) is 10.2 Å². The van der Waals surface area contributed by atoms with Crippen molar-refractivity contribution < 1.29 is 9.53 Å². The molecule has 4 aliphatic carbocycles. The van der Waals surface area contributed by atoms with Gasteiger partial charge in [-0.2, -0.15) is 0 Å².